The van der Waals surface area contributed by atoms with Gasteiger partial charge in [-0.3, -0.25) is 9.59 Å². The number of benzene rings is 2. The van der Waals surface area contributed by atoms with Gasteiger partial charge in [-0.25, -0.2) is 0 Å². The molecule has 1 aliphatic rings. The highest BCUT2D eigenvalue weighted by molar-refractivity contribution is 5.93. The number of aryl methyl sites for hydroxylation is 2. The number of aliphatic hydroxyl groups excluding tert-OH is 4. The molecule has 9 heteroatoms. The molecule has 0 saturated carbocycles. The molecule has 0 bridgehead atoms. The summed E-state index contributed by atoms with van der Waals surface area (Å²) in [5.41, 5.74) is 10.9. The van der Waals surface area contributed by atoms with Crippen molar-refractivity contribution in [2.75, 3.05) is 19.7 Å². The van der Waals surface area contributed by atoms with Crippen molar-refractivity contribution in [1.82, 2.24) is 5.32 Å². The number of nitrogens with one attached hydrogen (secondary N) is 1. The Morgan fingerprint density at radius 3 is 2.24 bits per heavy atom. The number of hydrogen-bond donors (Lipinski definition) is 6. The van der Waals surface area contributed by atoms with Crippen LogP contribution in [0.4, 0.5) is 0 Å². The van der Waals surface area contributed by atoms with Gasteiger partial charge in [-0.05, 0) is 79.0 Å². The normalized spacial score (nSPS) is 22.4. The Morgan fingerprint density at radius 2 is 1.65 bits per heavy atom. The summed E-state index contributed by atoms with van der Waals surface area (Å²) in [4.78, 5) is 25.7. The number of ketones is 1. The number of aliphatic hydroxyl groups is 4. The van der Waals surface area contributed by atoms with Gasteiger partial charge in [0.2, 0.25) is 5.91 Å². The molecule has 254 valence electrons. The van der Waals surface area contributed by atoms with Crippen LogP contribution in [0.2, 0.25) is 0 Å². The Kier molecular flexibility index (Phi) is 12.5. The highest BCUT2D eigenvalue weighted by Gasteiger charge is 2.44. The zero-order valence-corrected chi connectivity index (χ0v) is 28.6. The maximum absolute atomic E-state index is 13.2. The number of ether oxygens (including phenoxy) is 1. The molecular formula is C37H54N2O7. The molecule has 2 aromatic rings. The predicted molar refractivity (Wildman–Crippen MR) is 180 cm³/mol. The van der Waals surface area contributed by atoms with Crippen LogP contribution in [0.5, 0.6) is 0 Å². The molecule has 2 aromatic carbocycles. The van der Waals surface area contributed by atoms with Crippen LogP contribution >= 0.6 is 0 Å². The minimum atomic E-state index is -1.45. The number of Topliss-reactive ketones (excluding diaryl/α,β-unsaturated/α-hetero) is 1. The van der Waals surface area contributed by atoms with Gasteiger partial charge in [0, 0.05) is 24.9 Å². The summed E-state index contributed by atoms with van der Waals surface area (Å²) in [5.74, 6) is 0.0177. The van der Waals surface area contributed by atoms with Gasteiger partial charge in [-0.15, -0.1) is 0 Å². The Hall–Kier alpha value is -2.92. The highest BCUT2D eigenvalue weighted by atomic mass is 16.5. The van der Waals surface area contributed by atoms with E-state index in [1.54, 1.807) is 13.8 Å². The average molecular weight is 639 g/mol. The third-order valence-corrected chi connectivity index (χ3v) is 9.15. The van der Waals surface area contributed by atoms with Gasteiger partial charge < -0.3 is 36.2 Å². The number of carbonyl (C=O) groups is 2. The minimum absolute atomic E-state index is 0.0271. The van der Waals surface area contributed by atoms with Crippen molar-refractivity contribution in [1.29, 1.82) is 0 Å². The Bertz CT molecular complexity index is 1410. The smallest absolute Gasteiger partial charge is 0.226 e. The van der Waals surface area contributed by atoms with Crippen LogP contribution < -0.4 is 11.1 Å². The largest absolute Gasteiger partial charge is 0.394 e. The lowest BCUT2D eigenvalue weighted by Crippen LogP contribution is -2.55. The standard InChI is InChI=1S/C37H54N2O7/c1-21(2)27-16-23(4)28(34-33(44)32(43)31(42)29(20-40)46-34)18-26(27)17-25-10-9-24(15-22(25)3)11-12-36(5,6)30(41)19-37(7,8)35(45)39-14-13-38/h9-12,15-16,18,21,29,31-34,40,42-44H,13-14,17,19-20,38H2,1-8H3,(H,39,45)/b12-11+/t29-,31-,32+,33-,34+/m1/s1. The maximum Gasteiger partial charge on any atom is 0.226 e. The first-order chi connectivity index (χ1) is 21.4. The Labute approximate surface area is 273 Å². The number of hydrogen-bond acceptors (Lipinski definition) is 8. The first-order valence-corrected chi connectivity index (χ1v) is 16.2. The van der Waals surface area contributed by atoms with Crippen LogP contribution in [0.15, 0.2) is 36.4 Å². The molecule has 9 nitrogen and oxygen atoms in total. The lowest BCUT2D eigenvalue weighted by Gasteiger charge is -2.41. The highest BCUT2D eigenvalue weighted by Crippen LogP contribution is 2.37. The predicted octanol–water partition coefficient (Wildman–Crippen LogP) is 3.63. The maximum atomic E-state index is 13.2. The third kappa shape index (κ3) is 8.70. The fourth-order valence-corrected chi connectivity index (χ4v) is 5.91. The van der Waals surface area contributed by atoms with Crippen molar-refractivity contribution in [3.05, 3.63) is 75.4 Å². The van der Waals surface area contributed by atoms with Crippen LogP contribution in [-0.4, -0.2) is 76.2 Å². The van der Waals surface area contributed by atoms with Gasteiger partial charge in [-0.1, -0.05) is 70.2 Å². The summed E-state index contributed by atoms with van der Waals surface area (Å²) < 4.78 is 5.90. The summed E-state index contributed by atoms with van der Waals surface area (Å²) in [6.07, 6.45) is -1.52. The molecule has 5 atom stereocenters. The van der Waals surface area contributed by atoms with Gasteiger partial charge in [0.05, 0.1) is 12.0 Å². The number of nitrogens with two attached hydrogens (primary N) is 1. The van der Waals surface area contributed by atoms with E-state index in [0.717, 1.165) is 33.4 Å². The van der Waals surface area contributed by atoms with E-state index >= 15 is 0 Å². The second-order valence-electron chi connectivity index (χ2n) is 14.3. The molecule has 7 N–H and O–H groups in total. The molecular weight excluding hydrogens is 584 g/mol. The zero-order valence-electron chi connectivity index (χ0n) is 28.6. The molecule has 1 heterocycles. The lowest BCUT2D eigenvalue weighted by molar-refractivity contribution is -0.231. The van der Waals surface area contributed by atoms with Crippen molar-refractivity contribution in [2.24, 2.45) is 16.6 Å². The second-order valence-corrected chi connectivity index (χ2v) is 14.3. The fraction of sp³-hybridized carbons (Fsp3) is 0.568. The van der Waals surface area contributed by atoms with E-state index in [1.807, 2.05) is 52.0 Å². The number of rotatable bonds is 13. The molecule has 0 aliphatic carbocycles. The lowest BCUT2D eigenvalue weighted by atomic mass is 9.77. The number of carbonyl (C=O) groups excluding carboxylic acids is 2. The molecule has 0 spiro atoms. The first kappa shape index (κ1) is 37.5. The van der Waals surface area contributed by atoms with Crippen LogP contribution in [-0.2, 0) is 20.7 Å². The van der Waals surface area contributed by atoms with Crippen LogP contribution in [0.25, 0.3) is 6.08 Å². The number of allylic oxidation sites excluding steroid dienone is 1. The second kappa shape index (κ2) is 15.3. The molecule has 3 rings (SSSR count). The molecule has 1 aliphatic heterocycles. The summed E-state index contributed by atoms with van der Waals surface area (Å²) in [6, 6.07) is 10.3. The zero-order chi connectivity index (χ0) is 34.6. The van der Waals surface area contributed by atoms with Gasteiger partial charge in [0.25, 0.3) is 0 Å². The molecule has 0 unspecified atom stereocenters. The van der Waals surface area contributed by atoms with Crippen molar-refractivity contribution < 1.29 is 34.8 Å². The third-order valence-electron chi connectivity index (χ3n) is 9.15. The van der Waals surface area contributed by atoms with Crippen molar-refractivity contribution >= 4 is 17.8 Å². The van der Waals surface area contributed by atoms with Crippen LogP contribution in [0, 0.1) is 24.7 Å². The van der Waals surface area contributed by atoms with E-state index in [0.29, 0.717) is 25.1 Å². The molecule has 0 radical (unpaired) electrons. The van der Waals surface area contributed by atoms with Crippen molar-refractivity contribution in [2.45, 2.75) is 105 Å². The molecule has 1 saturated heterocycles. The van der Waals surface area contributed by atoms with Gasteiger partial charge in [0.15, 0.2) is 0 Å². The van der Waals surface area contributed by atoms with Crippen molar-refractivity contribution in [3.8, 4) is 0 Å². The summed E-state index contributed by atoms with van der Waals surface area (Å²) in [5, 5.41) is 44.0. The Balaban J connectivity index is 1.84. The average Bonchev–Trinajstić information content (AvgIpc) is 2.99. The summed E-state index contributed by atoms with van der Waals surface area (Å²) in [6.45, 7) is 15.7. The monoisotopic (exact) mass is 638 g/mol. The van der Waals surface area contributed by atoms with E-state index < -0.39 is 48.0 Å². The van der Waals surface area contributed by atoms with E-state index in [4.69, 9.17) is 10.5 Å². The summed E-state index contributed by atoms with van der Waals surface area (Å²) in [7, 11) is 0. The minimum Gasteiger partial charge on any atom is -0.394 e. The SMILES string of the molecule is Cc1cc(/C=C/C(C)(C)C(=O)CC(C)(C)C(=O)NCCN)ccc1Cc1cc([C@@H]2O[C@H](CO)[C@@H](O)[C@H](O)[C@H]2O)c(C)cc1C(C)C. The fourth-order valence-electron chi connectivity index (χ4n) is 5.91. The molecule has 0 aromatic heterocycles. The van der Waals surface area contributed by atoms with E-state index in [-0.39, 0.29) is 24.0 Å². The van der Waals surface area contributed by atoms with Gasteiger partial charge in [0.1, 0.15) is 36.3 Å². The van der Waals surface area contributed by atoms with Crippen LogP contribution in [0.1, 0.15) is 98.9 Å². The molecule has 1 fully saturated rings. The first-order valence-electron chi connectivity index (χ1n) is 16.2. The quantitative estimate of drug-likeness (QED) is 0.194. The topological polar surface area (TPSA) is 162 Å². The molecule has 46 heavy (non-hydrogen) atoms. The van der Waals surface area contributed by atoms with E-state index in [1.165, 1.54) is 0 Å². The van der Waals surface area contributed by atoms with E-state index in [9.17, 15) is 30.0 Å². The van der Waals surface area contributed by atoms with Crippen molar-refractivity contribution in [3.63, 3.8) is 0 Å². The van der Waals surface area contributed by atoms with E-state index in [2.05, 4.69) is 37.4 Å². The van der Waals surface area contributed by atoms with Gasteiger partial charge in [-0.2, -0.15) is 0 Å². The Morgan fingerprint density at radius 1 is 0.978 bits per heavy atom. The van der Waals surface area contributed by atoms with Crippen LogP contribution in [0.3, 0.4) is 0 Å². The number of amides is 1. The van der Waals surface area contributed by atoms with Gasteiger partial charge >= 0.3 is 0 Å². The molecule has 1 amide bonds. The summed E-state index contributed by atoms with van der Waals surface area (Å²) >= 11 is 0.